The molecule has 206 valence electrons. The van der Waals surface area contributed by atoms with Crippen molar-refractivity contribution in [2.75, 3.05) is 28.4 Å². The molecule has 2 aromatic carbocycles. The molecule has 0 saturated heterocycles. The topological polar surface area (TPSA) is 104 Å². The van der Waals surface area contributed by atoms with Crippen LogP contribution in [-0.2, 0) is 11.3 Å². The molecule has 1 unspecified atom stereocenters. The van der Waals surface area contributed by atoms with E-state index in [0.29, 0.717) is 40.7 Å². The van der Waals surface area contributed by atoms with Crippen molar-refractivity contribution in [2.45, 2.75) is 19.0 Å². The summed E-state index contributed by atoms with van der Waals surface area (Å²) in [6.07, 6.45) is 0.510. The standard InChI is InChI=1S/C29H28N4O6S/c1-36-23-10-7-18(14-25(23)38-3)20-9-12-28(34)32(30-20)17-29(35)33-22(16-21(31-33)27-6-5-13-40-27)19-8-11-24(37-2)26(15-19)39-4/h5-15,22H,16-17H2,1-4H3. The van der Waals surface area contributed by atoms with Crippen molar-refractivity contribution in [3.05, 3.63) is 86.8 Å². The maximum Gasteiger partial charge on any atom is 0.267 e. The number of amides is 1. The molecule has 0 saturated carbocycles. The van der Waals surface area contributed by atoms with Crippen LogP contribution in [0, 0.1) is 0 Å². The molecule has 0 bridgehead atoms. The molecule has 40 heavy (non-hydrogen) atoms. The van der Waals surface area contributed by atoms with Gasteiger partial charge in [-0.05, 0) is 53.4 Å². The van der Waals surface area contributed by atoms with E-state index in [2.05, 4.69) is 5.10 Å². The van der Waals surface area contributed by atoms with Gasteiger partial charge in [0.1, 0.15) is 6.54 Å². The normalized spacial score (nSPS) is 14.6. The Labute approximate surface area is 235 Å². The maximum absolute atomic E-state index is 13.7. The van der Waals surface area contributed by atoms with Crippen LogP contribution in [0.5, 0.6) is 23.0 Å². The van der Waals surface area contributed by atoms with Crippen LogP contribution in [0.2, 0.25) is 0 Å². The first kappa shape index (κ1) is 26.9. The van der Waals surface area contributed by atoms with Crippen LogP contribution in [0.1, 0.15) is 22.9 Å². The van der Waals surface area contributed by atoms with Gasteiger partial charge in [-0.25, -0.2) is 9.69 Å². The smallest absolute Gasteiger partial charge is 0.267 e. The number of carbonyl (C=O) groups is 1. The summed E-state index contributed by atoms with van der Waals surface area (Å²) in [5, 5.41) is 12.6. The molecule has 0 fully saturated rings. The Kier molecular flexibility index (Phi) is 7.83. The molecule has 1 aliphatic rings. The van der Waals surface area contributed by atoms with E-state index in [4.69, 9.17) is 24.0 Å². The highest BCUT2D eigenvalue weighted by Gasteiger charge is 2.34. The monoisotopic (exact) mass is 560 g/mol. The number of hydrogen-bond donors (Lipinski definition) is 0. The van der Waals surface area contributed by atoms with Gasteiger partial charge in [-0.15, -0.1) is 11.3 Å². The number of rotatable bonds is 9. The van der Waals surface area contributed by atoms with Crippen molar-refractivity contribution in [3.8, 4) is 34.3 Å². The summed E-state index contributed by atoms with van der Waals surface area (Å²) in [5.74, 6) is 1.87. The number of hydrazone groups is 1. The van der Waals surface area contributed by atoms with Crippen molar-refractivity contribution in [3.63, 3.8) is 0 Å². The second kappa shape index (κ2) is 11.6. The van der Waals surface area contributed by atoms with Crippen LogP contribution >= 0.6 is 11.3 Å². The lowest BCUT2D eigenvalue weighted by Crippen LogP contribution is -2.35. The van der Waals surface area contributed by atoms with E-state index in [-0.39, 0.29) is 12.5 Å². The zero-order valence-corrected chi connectivity index (χ0v) is 23.3. The van der Waals surface area contributed by atoms with Gasteiger partial charge < -0.3 is 18.9 Å². The molecule has 0 N–H and O–H groups in total. The number of benzene rings is 2. The Morgan fingerprint density at radius 1 is 0.900 bits per heavy atom. The molecular weight excluding hydrogens is 532 g/mol. The molecular formula is C29H28N4O6S. The van der Waals surface area contributed by atoms with Crippen LogP contribution in [0.25, 0.3) is 11.3 Å². The van der Waals surface area contributed by atoms with Gasteiger partial charge in [0.15, 0.2) is 23.0 Å². The Bertz CT molecular complexity index is 1620. The summed E-state index contributed by atoms with van der Waals surface area (Å²) >= 11 is 1.56. The molecule has 5 rings (SSSR count). The lowest BCUT2D eigenvalue weighted by atomic mass is 10.0. The molecule has 11 heteroatoms. The number of ether oxygens (including phenoxy) is 4. The van der Waals surface area contributed by atoms with Crippen LogP contribution in [0.3, 0.4) is 0 Å². The lowest BCUT2D eigenvalue weighted by Gasteiger charge is -2.23. The average molecular weight is 561 g/mol. The minimum Gasteiger partial charge on any atom is -0.493 e. The zero-order chi connectivity index (χ0) is 28.2. The molecule has 4 aromatic rings. The van der Waals surface area contributed by atoms with E-state index in [9.17, 15) is 9.59 Å². The van der Waals surface area contributed by atoms with Gasteiger partial charge in [0.25, 0.3) is 11.5 Å². The molecule has 10 nitrogen and oxygen atoms in total. The van der Waals surface area contributed by atoms with E-state index in [0.717, 1.165) is 20.8 Å². The van der Waals surface area contributed by atoms with E-state index >= 15 is 0 Å². The molecule has 2 aromatic heterocycles. The first-order valence-electron chi connectivity index (χ1n) is 12.4. The fraction of sp³-hybridized carbons (Fsp3) is 0.241. The van der Waals surface area contributed by atoms with E-state index in [1.54, 1.807) is 64.0 Å². The van der Waals surface area contributed by atoms with Crippen molar-refractivity contribution in [2.24, 2.45) is 5.10 Å². The Hall–Kier alpha value is -4.64. The highest BCUT2D eigenvalue weighted by atomic mass is 32.1. The summed E-state index contributed by atoms with van der Waals surface area (Å²) < 4.78 is 22.7. The Balaban J connectivity index is 1.47. The third-order valence-corrected chi connectivity index (χ3v) is 7.51. The first-order chi connectivity index (χ1) is 19.4. The van der Waals surface area contributed by atoms with Crippen LogP contribution in [-0.4, -0.2) is 54.8 Å². The van der Waals surface area contributed by atoms with Crippen LogP contribution in [0.4, 0.5) is 0 Å². The van der Waals surface area contributed by atoms with Crippen LogP contribution in [0.15, 0.2) is 75.9 Å². The Morgan fingerprint density at radius 3 is 2.27 bits per heavy atom. The number of thiophene rings is 1. The van der Waals surface area contributed by atoms with Gasteiger partial charge in [-0.3, -0.25) is 9.59 Å². The van der Waals surface area contributed by atoms with Gasteiger partial charge in [0, 0.05) is 18.1 Å². The number of hydrogen-bond acceptors (Lipinski definition) is 9. The van der Waals surface area contributed by atoms with Crippen LogP contribution < -0.4 is 24.5 Å². The van der Waals surface area contributed by atoms with Crippen molar-refractivity contribution >= 4 is 23.0 Å². The summed E-state index contributed by atoms with van der Waals surface area (Å²) in [6, 6.07) is 17.4. The number of aromatic nitrogens is 2. The van der Waals surface area contributed by atoms with E-state index in [1.807, 2.05) is 35.7 Å². The van der Waals surface area contributed by atoms with Gasteiger partial charge in [0.05, 0.1) is 50.8 Å². The number of nitrogens with zero attached hydrogens (tertiary/aromatic N) is 4. The SMILES string of the molecule is COc1ccc(-c2ccc(=O)n(CC(=O)N3N=C(c4cccs4)CC3c3ccc(OC)c(OC)c3)n2)cc1OC. The predicted octanol–water partition coefficient (Wildman–Crippen LogP) is 4.38. The third-order valence-electron chi connectivity index (χ3n) is 6.59. The van der Waals surface area contributed by atoms with E-state index < -0.39 is 11.6 Å². The average Bonchev–Trinajstić information content (AvgIpc) is 3.68. The second-order valence-electron chi connectivity index (χ2n) is 8.88. The fourth-order valence-electron chi connectivity index (χ4n) is 4.56. The van der Waals surface area contributed by atoms with Gasteiger partial charge >= 0.3 is 0 Å². The molecule has 0 aliphatic carbocycles. The quantitative estimate of drug-likeness (QED) is 0.299. The summed E-state index contributed by atoms with van der Waals surface area (Å²) in [6.45, 7) is -0.287. The Morgan fingerprint density at radius 2 is 1.60 bits per heavy atom. The van der Waals surface area contributed by atoms with Crippen molar-refractivity contribution in [1.82, 2.24) is 14.8 Å². The largest absolute Gasteiger partial charge is 0.493 e. The predicted molar refractivity (Wildman–Crippen MR) is 152 cm³/mol. The lowest BCUT2D eigenvalue weighted by molar-refractivity contribution is -0.133. The molecule has 0 radical (unpaired) electrons. The van der Waals surface area contributed by atoms with Gasteiger partial charge in [-0.2, -0.15) is 10.2 Å². The summed E-state index contributed by atoms with van der Waals surface area (Å²) in [4.78, 5) is 27.4. The highest BCUT2D eigenvalue weighted by Crippen LogP contribution is 2.38. The molecule has 3 heterocycles. The van der Waals surface area contributed by atoms with E-state index in [1.165, 1.54) is 11.1 Å². The van der Waals surface area contributed by atoms with Gasteiger partial charge in [-0.1, -0.05) is 12.1 Å². The molecule has 1 amide bonds. The summed E-state index contributed by atoms with van der Waals surface area (Å²) in [5.41, 5.74) is 2.44. The molecule has 1 atom stereocenters. The highest BCUT2D eigenvalue weighted by molar-refractivity contribution is 7.12. The first-order valence-corrected chi connectivity index (χ1v) is 13.3. The maximum atomic E-state index is 13.7. The number of carbonyl (C=O) groups excluding carboxylic acids is 1. The summed E-state index contributed by atoms with van der Waals surface area (Å²) in [7, 11) is 6.24. The van der Waals surface area contributed by atoms with Gasteiger partial charge in [0.2, 0.25) is 0 Å². The minimum atomic E-state index is -0.401. The molecule has 1 aliphatic heterocycles. The van der Waals surface area contributed by atoms with Crippen molar-refractivity contribution in [1.29, 1.82) is 0 Å². The third kappa shape index (κ3) is 5.28. The molecule has 0 spiro atoms. The number of methoxy groups -OCH3 is 4. The second-order valence-corrected chi connectivity index (χ2v) is 9.83. The van der Waals surface area contributed by atoms with Crippen molar-refractivity contribution < 1.29 is 23.7 Å². The fourth-order valence-corrected chi connectivity index (χ4v) is 5.28. The zero-order valence-electron chi connectivity index (χ0n) is 22.5. The minimum absolute atomic E-state index is 0.287.